The van der Waals surface area contributed by atoms with Crippen LogP contribution in [0.2, 0.25) is 0 Å². The molecular weight excluding hydrogens is 280 g/mol. The van der Waals surface area contributed by atoms with Gasteiger partial charge in [0.05, 0.1) is 10.4 Å². The Bertz CT molecular complexity index is 464. The zero-order valence-electron chi connectivity index (χ0n) is 11.1. The van der Waals surface area contributed by atoms with Crippen LogP contribution in [-0.4, -0.2) is 47.0 Å². The van der Waals surface area contributed by atoms with E-state index in [4.69, 9.17) is 18.0 Å². The summed E-state index contributed by atoms with van der Waals surface area (Å²) in [5.74, 6) is 0.0128. The zero-order valence-corrected chi connectivity index (χ0v) is 12.8. The highest BCUT2D eigenvalue weighted by atomic mass is 32.1. The molecule has 1 fully saturated rings. The quantitative estimate of drug-likeness (QED) is 0.847. The second kappa shape index (κ2) is 5.42. The number of nitrogens with two attached hydrogens (primary N) is 1. The Labute approximate surface area is 122 Å². The summed E-state index contributed by atoms with van der Waals surface area (Å²) in [5.41, 5.74) is 4.88. The summed E-state index contributed by atoms with van der Waals surface area (Å²) >= 11 is 6.60. The standard InChI is InChI=1S/C12H18N4OS2/c1-12(2,9(13)18)10(17)15-4-6-16(7-5-15)11-14-3-8-19-11/h3,8H,4-7H2,1-2H3,(H2,13,18). The third-order valence-corrected chi connectivity index (χ3v) is 4.75. The molecule has 7 heteroatoms. The monoisotopic (exact) mass is 298 g/mol. The van der Waals surface area contributed by atoms with Crippen molar-refractivity contribution < 1.29 is 4.79 Å². The van der Waals surface area contributed by atoms with E-state index in [-0.39, 0.29) is 10.9 Å². The third-order valence-electron chi connectivity index (χ3n) is 3.41. The largest absolute Gasteiger partial charge is 0.392 e. The van der Waals surface area contributed by atoms with Gasteiger partial charge in [-0.1, -0.05) is 12.2 Å². The van der Waals surface area contributed by atoms with Crippen LogP contribution in [0.4, 0.5) is 5.13 Å². The van der Waals surface area contributed by atoms with Gasteiger partial charge >= 0.3 is 0 Å². The average Bonchev–Trinajstić information content (AvgIpc) is 2.91. The SMILES string of the molecule is CC(C)(C(=O)N1CCN(c2nccs2)CC1)C(N)=S. The first-order chi connectivity index (χ1) is 8.93. The number of piperazine rings is 1. The summed E-state index contributed by atoms with van der Waals surface area (Å²) in [4.78, 5) is 21.0. The average molecular weight is 298 g/mol. The summed E-state index contributed by atoms with van der Waals surface area (Å²) in [7, 11) is 0. The van der Waals surface area contributed by atoms with Crippen LogP contribution in [0.25, 0.3) is 0 Å². The molecule has 0 aliphatic carbocycles. The maximum atomic E-state index is 12.4. The summed E-state index contributed by atoms with van der Waals surface area (Å²) in [6, 6.07) is 0. The molecule has 19 heavy (non-hydrogen) atoms. The van der Waals surface area contributed by atoms with Crippen molar-refractivity contribution in [2.45, 2.75) is 13.8 Å². The number of thiocarbonyl (C=S) groups is 1. The fraction of sp³-hybridized carbons (Fsp3) is 0.583. The predicted octanol–water partition coefficient (Wildman–Crippen LogP) is 1.10. The van der Waals surface area contributed by atoms with Crippen LogP contribution < -0.4 is 10.6 Å². The van der Waals surface area contributed by atoms with Gasteiger partial charge in [-0.3, -0.25) is 4.79 Å². The number of nitrogens with zero attached hydrogens (tertiary/aromatic N) is 3. The maximum absolute atomic E-state index is 12.4. The Morgan fingerprint density at radius 1 is 1.42 bits per heavy atom. The van der Waals surface area contributed by atoms with Crippen molar-refractivity contribution in [3.63, 3.8) is 0 Å². The van der Waals surface area contributed by atoms with Crippen molar-refractivity contribution >= 4 is 39.6 Å². The number of amides is 1. The fourth-order valence-electron chi connectivity index (χ4n) is 1.97. The molecule has 0 unspecified atom stereocenters. The van der Waals surface area contributed by atoms with Gasteiger partial charge in [0.2, 0.25) is 5.91 Å². The van der Waals surface area contributed by atoms with E-state index in [9.17, 15) is 4.79 Å². The van der Waals surface area contributed by atoms with Gasteiger partial charge in [-0.15, -0.1) is 11.3 Å². The fourth-order valence-corrected chi connectivity index (χ4v) is 2.76. The van der Waals surface area contributed by atoms with Gasteiger partial charge in [-0.25, -0.2) is 4.98 Å². The second-order valence-corrected chi connectivity index (χ2v) is 6.40. The Balaban J connectivity index is 1.97. The highest BCUT2D eigenvalue weighted by Gasteiger charge is 2.36. The molecule has 1 aromatic rings. The highest BCUT2D eigenvalue weighted by molar-refractivity contribution is 7.80. The molecule has 2 N–H and O–H groups in total. The van der Waals surface area contributed by atoms with Crippen LogP contribution in [0.1, 0.15) is 13.8 Å². The molecule has 0 radical (unpaired) electrons. The normalized spacial score (nSPS) is 16.5. The number of aromatic nitrogens is 1. The molecular formula is C12H18N4OS2. The number of hydrogen-bond acceptors (Lipinski definition) is 5. The Morgan fingerprint density at radius 3 is 2.53 bits per heavy atom. The lowest BCUT2D eigenvalue weighted by Crippen LogP contribution is -2.54. The molecule has 5 nitrogen and oxygen atoms in total. The van der Waals surface area contributed by atoms with E-state index in [1.54, 1.807) is 31.4 Å². The van der Waals surface area contributed by atoms with Crippen molar-refractivity contribution in [1.82, 2.24) is 9.88 Å². The summed E-state index contributed by atoms with van der Waals surface area (Å²) in [6.07, 6.45) is 1.80. The third kappa shape index (κ3) is 2.87. The summed E-state index contributed by atoms with van der Waals surface area (Å²) < 4.78 is 0. The van der Waals surface area contributed by atoms with Crippen LogP contribution in [0, 0.1) is 5.41 Å². The Morgan fingerprint density at radius 2 is 2.05 bits per heavy atom. The molecule has 2 rings (SSSR count). The van der Waals surface area contributed by atoms with E-state index in [1.165, 1.54) is 0 Å². The van der Waals surface area contributed by atoms with Crippen molar-refractivity contribution in [1.29, 1.82) is 0 Å². The number of rotatable bonds is 3. The van der Waals surface area contributed by atoms with Gasteiger partial charge in [0.1, 0.15) is 0 Å². The minimum atomic E-state index is -0.765. The van der Waals surface area contributed by atoms with Crippen LogP contribution in [0.5, 0.6) is 0 Å². The first kappa shape index (κ1) is 14.2. The first-order valence-electron chi connectivity index (χ1n) is 6.16. The Hall–Kier alpha value is -1.21. The minimum absolute atomic E-state index is 0.0128. The van der Waals surface area contributed by atoms with Crippen LogP contribution in [0.15, 0.2) is 11.6 Å². The molecule has 1 saturated heterocycles. The van der Waals surface area contributed by atoms with Crippen molar-refractivity contribution in [3.05, 3.63) is 11.6 Å². The smallest absolute Gasteiger partial charge is 0.235 e. The summed E-state index contributed by atoms with van der Waals surface area (Å²) in [6.45, 7) is 6.53. The lowest BCUT2D eigenvalue weighted by molar-refractivity contribution is -0.137. The molecule has 0 atom stereocenters. The molecule has 1 aromatic heterocycles. The van der Waals surface area contributed by atoms with Crippen molar-refractivity contribution in [2.24, 2.45) is 11.1 Å². The molecule has 0 spiro atoms. The van der Waals surface area contributed by atoms with Crippen LogP contribution in [0.3, 0.4) is 0 Å². The van der Waals surface area contributed by atoms with Gasteiger partial charge in [0, 0.05) is 37.8 Å². The van der Waals surface area contributed by atoms with Gasteiger partial charge in [0.15, 0.2) is 5.13 Å². The van der Waals surface area contributed by atoms with Crippen LogP contribution >= 0.6 is 23.6 Å². The van der Waals surface area contributed by atoms with E-state index in [0.29, 0.717) is 13.1 Å². The van der Waals surface area contributed by atoms with E-state index in [2.05, 4.69) is 9.88 Å². The van der Waals surface area contributed by atoms with Gasteiger partial charge in [-0.2, -0.15) is 0 Å². The zero-order chi connectivity index (χ0) is 14.0. The van der Waals surface area contributed by atoms with E-state index in [0.717, 1.165) is 18.2 Å². The molecule has 1 amide bonds. The van der Waals surface area contributed by atoms with Crippen molar-refractivity contribution in [3.8, 4) is 0 Å². The van der Waals surface area contributed by atoms with Crippen LogP contribution in [-0.2, 0) is 4.79 Å². The van der Waals surface area contributed by atoms with Gasteiger partial charge in [0.25, 0.3) is 0 Å². The van der Waals surface area contributed by atoms with E-state index in [1.807, 2.05) is 10.3 Å². The summed E-state index contributed by atoms with van der Waals surface area (Å²) in [5, 5.41) is 2.98. The molecule has 1 aliphatic heterocycles. The highest BCUT2D eigenvalue weighted by Crippen LogP contribution is 2.23. The number of thiazole rings is 1. The second-order valence-electron chi connectivity index (χ2n) is 5.08. The molecule has 2 heterocycles. The van der Waals surface area contributed by atoms with Gasteiger partial charge in [-0.05, 0) is 13.8 Å². The van der Waals surface area contributed by atoms with E-state index >= 15 is 0 Å². The maximum Gasteiger partial charge on any atom is 0.235 e. The molecule has 1 aliphatic rings. The number of carbonyl (C=O) groups is 1. The molecule has 104 valence electrons. The number of hydrogen-bond donors (Lipinski definition) is 1. The van der Waals surface area contributed by atoms with E-state index < -0.39 is 5.41 Å². The van der Waals surface area contributed by atoms with Crippen molar-refractivity contribution in [2.75, 3.05) is 31.1 Å². The molecule has 0 bridgehead atoms. The minimum Gasteiger partial charge on any atom is -0.392 e. The lowest BCUT2D eigenvalue weighted by atomic mass is 9.91. The Kier molecular flexibility index (Phi) is 4.05. The topological polar surface area (TPSA) is 62.5 Å². The van der Waals surface area contributed by atoms with Gasteiger partial charge < -0.3 is 15.5 Å². The lowest BCUT2D eigenvalue weighted by Gasteiger charge is -2.38. The number of carbonyl (C=O) groups excluding carboxylic acids is 1. The first-order valence-corrected chi connectivity index (χ1v) is 7.45. The molecule has 0 saturated carbocycles. The molecule has 0 aromatic carbocycles. The predicted molar refractivity (Wildman–Crippen MR) is 81.5 cm³/mol. The number of anilines is 1.